The largest absolute Gasteiger partial charge is 0.394 e. The van der Waals surface area contributed by atoms with E-state index in [1.54, 1.807) is 0 Å². The molecule has 4 N–H and O–H groups in total. The Labute approximate surface area is 129 Å². The summed E-state index contributed by atoms with van der Waals surface area (Å²) in [6.45, 7) is -0.426. The van der Waals surface area contributed by atoms with Crippen LogP contribution in [0.15, 0.2) is 23.3 Å². The maximum atomic E-state index is 11.5. The molecule has 4 heterocycles. The maximum absolute atomic E-state index is 11.5. The highest BCUT2D eigenvalue weighted by Gasteiger charge is 2.47. The first-order valence-corrected chi connectivity index (χ1v) is 6.94. The van der Waals surface area contributed by atoms with Gasteiger partial charge in [-0.15, -0.1) is 0 Å². The predicted molar refractivity (Wildman–Crippen MR) is 77.5 cm³/mol. The first-order valence-electron chi connectivity index (χ1n) is 6.94. The number of ether oxygens (including phenoxy) is 1. The fourth-order valence-electron chi connectivity index (χ4n) is 2.81. The molecule has 0 radical (unpaired) electrons. The Balaban J connectivity index is 1.81. The van der Waals surface area contributed by atoms with E-state index in [9.17, 15) is 20.1 Å². The van der Waals surface area contributed by atoms with E-state index in [0.29, 0.717) is 16.9 Å². The van der Waals surface area contributed by atoms with Crippen LogP contribution in [0, 0.1) is 0 Å². The van der Waals surface area contributed by atoms with Crippen LogP contribution in [0.4, 0.5) is 11.5 Å². The van der Waals surface area contributed by atoms with Gasteiger partial charge in [-0.25, -0.2) is 15.0 Å². The molecule has 0 bridgehead atoms. The number of anilines is 2. The number of aliphatic hydroxyl groups is 3. The molecule has 120 valence electrons. The lowest BCUT2D eigenvalue weighted by atomic mass is 10.1. The second-order valence-corrected chi connectivity index (χ2v) is 5.30. The van der Waals surface area contributed by atoms with E-state index >= 15 is 0 Å². The number of hydrogen-bond donors (Lipinski definition) is 4. The summed E-state index contributed by atoms with van der Waals surface area (Å²) < 4.78 is 5.50. The quantitative estimate of drug-likeness (QED) is 0.489. The standard InChI is InChI=1S/C13H13N5O5/c19-3-6-9(21)10(22)13(23-6)18-12-8-5(17-18)1-2-7(20)16-11(8)14-4-15-12/h1-2,4,6,9-10,13,17,19,21-22H,3H2/t6-,9-,10-,13?/m1/s1. The molecule has 4 atom stereocenters. The van der Waals surface area contributed by atoms with Crippen molar-refractivity contribution in [1.82, 2.24) is 15.0 Å². The molecule has 2 aliphatic heterocycles. The molecule has 1 unspecified atom stereocenters. The van der Waals surface area contributed by atoms with E-state index in [4.69, 9.17) is 4.74 Å². The van der Waals surface area contributed by atoms with Crippen LogP contribution >= 0.6 is 0 Å². The third-order valence-electron chi connectivity index (χ3n) is 3.93. The number of aliphatic hydroxyl groups excluding tert-OH is 3. The minimum absolute atomic E-state index is 0.210. The molecular weight excluding hydrogens is 306 g/mol. The zero-order valence-electron chi connectivity index (χ0n) is 11.7. The van der Waals surface area contributed by atoms with Crippen molar-refractivity contribution in [2.75, 3.05) is 17.0 Å². The van der Waals surface area contributed by atoms with E-state index in [2.05, 4.69) is 20.4 Å². The van der Waals surface area contributed by atoms with E-state index in [-0.39, 0.29) is 5.65 Å². The van der Waals surface area contributed by atoms with Crippen LogP contribution in [0.1, 0.15) is 0 Å². The molecule has 2 aliphatic rings. The summed E-state index contributed by atoms with van der Waals surface area (Å²) in [5, 5.41) is 31.2. The lowest BCUT2D eigenvalue weighted by molar-refractivity contribution is -0.0212. The zero-order chi connectivity index (χ0) is 16.1. The Bertz CT molecular complexity index is 833. The summed E-state index contributed by atoms with van der Waals surface area (Å²) in [4.78, 5) is 23.5. The number of rotatable bonds is 2. The van der Waals surface area contributed by atoms with Crippen LogP contribution in [0.25, 0.3) is 11.0 Å². The third kappa shape index (κ3) is 2.04. The minimum atomic E-state index is -1.25. The first-order chi connectivity index (χ1) is 11.1. The molecule has 0 spiro atoms. The van der Waals surface area contributed by atoms with Crippen molar-refractivity contribution in [3.63, 3.8) is 0 Å². The summed E-state index contributed by atoms with van der Waals surface area (Å²) >= 11 is 0. The summed E-state index contributed by atoms with van der Waals surface area (Å²) in [6.07, 6.45) is -3.11. The fraction of sp³-hybridized carbons (Fsp3) is 0.385. The van der Waals surface area contributed by atoms with Crippen LogP contribution in [0.5, 0.6) is 0 Å². The monoisotopic (exact) mass is 319 g/mol. The Morgan fingerprint density at radius 1 is 1.26 bits per heavy atom. The summed E-state index contributed by atoms with van der Waals surface area (Å²) in [7, 11) is 0. The van der Waals surface area contributed by atoms with Gasteiger partial charge in [0.15, 0.2) is 17.7 Å². The normalized spacial score (nSPS) is 29.1. The summed E-state index contributed by atoms with van der Waals surface area (Å²) in [5.41, 5.74) is 3.27. The van der Waals surface area contributed by atoms with Crippen molar-refractivity contribution in [2.24, 2.45) is 0 Å². The Kier molecular flexibility index (Phi) is 3.13. The van der Waals surface area contributed by atoms with Crippen LogP contribution < -0.4 is 16.0 Å². The van der Waals surface area contributed by atoms with Gasteiger partial charge in [0.25, 0.3) is 5.56 Å². The highest BCUT2D eigenvalue weighted by atomic mass is 16.6. The van der Waals surface area contributed by atoms with Crippen molar-refractivity contribution in [3.8, 4) is 0 Å². The fourth-order valence-corrected chi connectivity index (χ4v) is 2.81. The minimum Gasteiger partial charge on any atom is -0.394 e. The molecule has 0 aromatic carbocycles. The van der Waals surface area contributed by atoms with Crippen molar-refractivity contribution in [3.05, 3.63) is 28.8 Å². The second kappa shape index (κ2) is 5.06. The topological polar surface area (TPSA) is 141 Å². The lowest BCUT2D eigenvalue weighted by Crippen LogP contribution is -2.46. The van der Waals surface area contributed by atoms with E-state index in [0.717, 1.165) is 0 Å². The zero-order valence-corrected chi connectivity index (χ0v) is 11.7. The van der Waals surface area contributed by atoms with Gasteiger partial charge in [0, 0.05) is 6.07 Å². The summed E-state index contributed by atoms with van der Waals surface area (Å²) in [5.74, 6) is 0.364. The van der Waals surface area contributed by atoms with Gasteiger partial charge in [-0.05, 0) is 6.07 Å². The van der Waals surface area contributed by atoms with Crippen molar-refractivity contribution < 1.29 is 20.1 Å². The number of hydrazine groups is 1. The number of aromatic nitrogens is 3. The van der Waals surface area contributed by atoms with Crippen molar-refractivity contribution in [1.29, 1.82) is 0 Å². The second-order valence-electron chi connectivity index (χ2n) is 5.30. The van der Waals surface area contributed by atoms with Gasteiger partial charge in [-0.2, -0.15) is 4.98 Å². The van der Waals surface area contributed by atoms with Crippen molar-refractivity contribution >= 4 is 22.5 Å². The van der Waals surface area contributed by atoms with Gasteiger partial charge in [0.05, 0.1) is 17.7 Å². The SMILES string of the molecule is O=c1ccc2c3c(ncnc3n1)N(C1O[C@H](CO)[C@@H](O)[C@H]1O)N2. The molecule has 4 rings (SSSR count). The Hall–Kier alpha value is -2.40. The molecular formula is C13H13N5O5. The van der Waals surface area contributed by atoms with E-state index in [1.165, 1.54) is 23.5 Å². The Morgan fingerprint density at radius 3 is 2.83 bits per heavy atom. The van der Waals surface area contributed by atoms with Gasteiger partial charge in [0.1, 0.15) is 24.6 Å². The molecule has 10 heteroatoms. The molecule has 2 aromatic heterocycles. The van der Waals surface area contributed by atoms with Crippen LogP contribution in [-0.4, -0.2) is 61.4 Å². The number of nitrogens with one attached hydrogen (secondary N) is 1. The van der Waals surface area contributed by atoms with Gasteiger partial charge in [-0.3, -0.25) is 10.2 Å². The van der Waals surface area contributed by atoms with E-state index in [1.807, 2.05) is 0 Å². The van der Waals surface area contributed by atoms with Gasteiger partial charge < -0.3 is 20.1 Å². The first kappa shape index (κ1) is 14.2. The molecule has 1 saturated heterocycles. The summed E-state index contributed by atoms with van der Waals surface area (Å²) in [6, 6.07) is 2.82. The van der Waals surface area contributed by atoms with Crippen LogP contribution in [-0.2, 0) is 4.74 Å². The molecule has 2 aromatic rings. The van der Waals surface area contributed by atoms with Gasteiger partial charge >= 0.3 is 0 Å². The number of nitrogens with zero attached hydrogens (tertiary/aromatic N) is 4. The molecule has 0 aliphatic carbocycles. The Morgan fingerprint density at radius 2 is 2.09 bits per heavy atom. The van der Waals surface area contributed by atoms with Crippen molar-refractivity contribution in [2.45, 2.75) is 24.5 Å². The van der Waals surface area contributed by atoms with E-state index < -0.39 is 36.7 Å². The molecule has 23 heavy (non-hydrogen) atoms. The molecule has 0 saturated carbocycles. The third-order valence-corrected chi connectivity index (χ3v) is 3.93. The highest BCUT2D eigenvalue weighted by Crippen LogP contribution is 2.38. The smallest absolute Gasteiger partial charge is 0.271 e. The number of hydrogen-bond acceptors (Lipinski definition) is 10. The average Bonchev–Trinajstić information content (AvgIpc) is 2.99. The maximum Gasteiger partial charge on any atom is 0.271 e. The van der Waals surface area contributed by atoms with Gasteiger partial charge in [-0.1, -0.05) is 0 Å². The molecule has 10 nitrogen and oxygen atoms in total. The van der Waals surface area contributed by atoms with Crippen LogP contribution in [0.2, 0.25) is 0 Å². The van der Waals surface area contributed by atoms with Gasteiger partial charge in [0.2, 0.25) is 0 Å². The molecule has 1 fully saturated rings. The van der Waals surface area contributed by atoms with Crippen LogP contribution in [0.3, 0.4) is 0 Å². The average molecular weight is 319 g/mol. The lowest BCUT2D eigenvalue weighted by Gasteiger charge is -2.27. The predicted octanol–water partition coefficient (Wildman–Crippen LogP) is -2.03. The molecule has 0 amide bonds. The highest BCUT2D eigenvalue weighted by molar-refractivity contribution is 6.01.